The molecule has 6 nitrogen and oxygen atoms in total. The largest absolute Gasteiger partial charge is 0.445 e. The number of ether oxygens (including phenoxy) is 1. The van der Waals surface area contributed by atoms with Crippen molar-refractivity contribution in [2.24, 2.45) is 5.92 Å². The van der Waals surface area contributed by atoms with Gasteiger partial charge in [-0.15, -0.1) is 0 Å². The minimum absolute atomic E-state index is 0.0343. The van der Waals surface area contributed by atoms with E-state index >= 15 is 0 Å². The molecule has 27 heavy (non-hydrogen) atoms. The van der Waals surface area contributed by atoms with Crippen LogP contribution in [0.3, 0.4) is 0 Å². The van der Waals surface area contributed by atoms with E-state index in [4.69, 9.17) is 4.74 Å². The highest BCUT2D eigenvalue weighted by molar-refractivity contribution is 6.02. The van der Waals surface area contributed by atoms with Crippen molar-refractivity contribution in [2.75, 3.05) is 10.6 Å². The van der Waals surface area contributed by atoms with Crippen LogP contribution >= 0.6 is 0 Å². The van der Waals surface area contributed by atoms with Crippen LogP contribution in [0.25, 0.3) is 0 Å². The standard InChI is InChI=1S/C21H20N2O4/c1-21(12-14-4-2-3-5-17(14)19(25)27-21)20(26)23-16-10-8-15(9-11-16)22-18(24)13-6-7-13/h2-5,8-11,13H,6-7,12H2,1H3,(H,22,24)(H,23,26)/t21-/m0/s1. The summed E-state index contributed by atoms with van der Waals surface area (Å²) >= 11 is 0. The normalized spacial score (nSPS) is 21.0. The van der Waals surface area contributed by atoms with E-state index in [1.54, 1.807) is 43.3 Å². The SMILES string of the molecule is C[C@@]1(C(=O)Nc2ccc(NC(=O)C3CC3)cc2)Cc2ccccc2C(=O)O1. The summed E-state index contributed by atoms with van der Waals surface area (Å²) in [6.45, 7) is 1.61. The summed E-state index contributed by atoms with van der Waals surface area (Å²) < 4.78 is 5.44. The Morgan fingerprint density at radius 3 is 2.30 bits per heavy atom. The van der Waals surface area contributed by atoms with Gasteiger partial charge in [0, 0.05) is 23.7 Å². The van der Waals surface area contributed by atoms with Gasteiger partial charge in [-0.2, -0.15) is 0 Å². The maximum Gasteiger partial charge on any atom is 0.339 e. The molecule has 0 unspecified atom stereocenters. The van der Waals surface area contributed by atoms with Crippen LogP contribution in [0.5, 0.6) is 0 Å². The second-order valence-corrected chi connectivity index (χ2v) is 7.25. The van der Waals surface area contributed by atoms with Gasteiger partial charge in [-0.25, -0.2) is 4.79 Å². The summed E-state index contributed by atoms with van der Waals surface area (Å²) in [6, 6.07) is 14.0. The Morgan fingerprint density at radius 2 is 1.63 bits per heavy atom. The van der Waals surface area contributed by atoms with Crippen LogP contribution in [-0.4, -0.2) is 23.4 Å². The highest BCUT2D eigenvalue weighted by Gasteiger charge is 2.42. The minimum Gasteiger partial charge on any atom is -0.445 e. The number of cyclic esters (lactones) is 1. The van der Waals surface area contributed by atoms with E-state index in [2.05, 4.69) is 10.6 Å². The molecule has 1 aliphatic heterocycles. The van der Waals surface area contributed by atoms with Crippen molar-refractivity contribution in [3.05, 3.63) is 59.7 Å². The van der Waals surface area contributed by atoms with Crippen LogP contribution in [0.4, 0.5) is 11.4 Å². The Kier molecular flexibility index (Phi) is 4.18. The van der Waals surface area contributed by atoms with Crippen LogP contribution in [0.1, 0.15) is 35.7 Å². The van der Waals surface area contributed by atoms with E-state index in [-0.39, 0.29) is 17.7 Å². The first-order valence-electron chi connectivity index (χ1n) is 8.98. The zero-order valence-electron chi connectivity index (χ0n) is 15.0. The molecular weight excluding hydrogens is 344 g/mol. The van der Waals surface area contributed by atoms with E-state index in [1.165, 1.54) is 0 Å². The molecule has 2 aliphatic rings. The Labute approximate surface area is 156 Å². The molecule has 0 radical (unpaired) electrons. The molecule has 0 saturated heterocycles. The van der Waals surface area contributed by atoms with Gasteiger partial charge in [0.1, 0.15) is 0 Å². The first-order chi connectivity index (χ1) is 12.9. The molecule has 6 heteroatoms. The average molecular weight is 364 g/mol. The molecule has 138 valence electrons. The van der Waals surface area contributed by atoms with Crippen LogP contribution in [0, 0.1) is 5.92 Å². The molecule has 2 N–H and O–H groups in total. The van der Waals surface area contributed by atoms with Crippen LogP contribution < -0.4 is 10.6 Å². The molecule has 1 atom stereocenters. The fourth-order valence-electron chi connectivity index (χ4n) is 3.15. The van der Waals surface area contributed by atoms with Crippen molar-refractivity contribution in [2.45, 2.75) is 31.8 Å². The minimum atomic E-state index is -1.27. The molecule has 4 rings (SSSR count). The molecule has 2 aromatic carbocycles. The molecule has 1 heterocycles. The van der Waals surface area contributed by atoms with Crippen molar-refractivity contribution < 1.29 is 19.1 Å². The average Bonchev–Trinajstić information content (AvgIpc) is 3.48. The third kappa shape index (κ3) is 3.56. The second kappa shape index (κ2) is 6.54. The van der Waals surface area contributed by atoms with E-state index in [0.717, 1.165) is 18.4 Å². The van der Waals surface area contributed by atoms with Gasteiger partial charge in [0.15, 0.2) is 5.60 Å². The number of carbonyl (C=O) groups is 3. The first-order valence-corrected chi connectivity index (χ1v) is 8.98. The van der Waals surface area contributed by atoms with Gasteiger partial charge in [0.2, 0.25) is 5.91 Å². The predicted octanol–water partition coefficient (Wildman–Crippen LogP) is 3.15. The quantitative estimate of drug-likeness (QED) is 0.816. The van der Waals surface area contributed by atoms with Gasteiger partial charge in [0.05, 0.1) is 5.56 Å². The maximum absolute atomic E-state index is 12.7. The van der Waals surface area contributed by atoms with E-state index in [9.17, 15) is 14.4 Å². The van der Waals surface area contributed by atoms with Crippen LogP contribution in [0.15, 0.2) is 48.5 Å². The lowest BCUT2D eigenvalue weighted by atomic mass is 9.89. The number of esters is 1. The van der Waals surface area contributed by atoms with Gasteiger partial charge < -0.3 is 15.4 Å². The topological polar surface area (TPSA) is 84.5 Å². The number of amides is 2. The fourth-order valence-corrected chi connectivity index (χ4v) is 3.15. The van der Waals surface area contributed by atoms with Crippen molar-refractivity contribution in [1.82, 2.24) is 0 Å². The Bertz CT molecular complexity index is 918. The fraction of sp³-hybridized carbons (Fsp3) is 0.286. The molecule has 0 bridgehead atoms. The molecule has 0 aromatic heterocycles. The Balaban J connectivity index is 1.44. The molecule has 2 amide bonds. The summed E-state index contributed by atoms with van der Waals surface area (Å²) in [6.07, 6.45) is 2.21. The zero-order chi connectivity index (χ0) is 19.0. The predicted molar refractivity (Wildman–Crippen MR) is 100 cm³/mol. The maximum atomic E-state index is 12.7. The molecule has 2 aromatic rings. The van der Waals surface area contributed by atoms with Crippen LogP contribution in [-0.2, 0) is 20.7 Å². The monoisotopic (exact) mass is 364 g/mol. The zero-order valence-corrected chi connectivity index (χ0v) is 15.0. The number of benzene rings is 2. The van der Waals surface area contributed by atoms with Crippen LogP contribution in [0.2, 0.25) is 0 Å². The van der Waals surface area contributed by atoms with Crippen molar-refractivity contribution in [3.63, 3.8) is 0 Å². The number of anilines is 2. The molecule has 1 fully saturated rings. The highest BCUT2D eigenvalue weighted by Crippen LogP contribution is 2.31. The molecule has 0 spiro atoms. The number of hydrogen-bond donors (Lipinski definition) is 2. The summed E-state index contributed by atoms with van der Waals surface area (Å²) in [4.78, 5) is 36.8. The lowest BCUT2D eigenvalue weighted by molar-refractivity contribution is -0.134. The van der Waals surface area contributed by atoms with Crippen molar-refractivity contribution in [3.8, 4) is 0 Å². The van der Waals surface area contributed by atoms with Crippen molar-refractivity contribution in [1.29, 1.82) is 0 Å². The summed E-state index contributed by atoms with van der Waals surface area (Å²) in [5.41, 5.74) is 1.28. The lowest BCUT2D eigenvalue weighted by Gasteiger charge is -2.33. The lowest BCUT2D eigenvalue weighted by Crippen LogP contribution is -2.48. The van der Waals surface area contributed by atoms with Gasteiger partial charge in [0.25, 0.3) is 5.91 Å². The smallest absolute Gasteiger partial charge is 0.339 e. The third-order valence-corrected chi connectivity index (χ3v) is 4.92. The number of rotatable bonds is 4. The van der Waals surface area contributed by atoms with Crippen molar-refractivity contribution >= 4 is 29.2 Å². The first kappa shape index (κ1) is 17.3. The number of fused-ring (bicyclic) bond motifs is 1. The Hall–Kier alpha value is -3.15. The highest BCUT2D eigenvalue weighted by atomic mass is 16.6. The van der Waals surface area contributed by atoms with E-state index in [0.29, 0.717) is 23.4 Å². The summed E-state index contributed by atoms with van der Waals surface area (Å²) in [7, 11) is 0. The third-order valence-electron chi connectivity index (χ3n) is 4.92. The van der Waals surface area contributed by atoms with Gasteiger partial charge >= 0.3 is 5.97 Å². The Morgan fingerprint density at radius 1 is 1.00 bits per heavy atom. The van der Waals surface area contributed by atoms with E-state index < -0.39 is 11.6 Å². The second-order valence-electron chi connectivity index (χ2n) is 7.25. The van der Waals surface area contributed by atoms with Gasteiger partial charge in [-0.05, 0) is 55.7 Å². The number of nitrogens with one attached hydrogen (secondary N) is 2. The van der Waals surface area contributed by atoms with Gasteiger partial charge in [-0.1, -0.05) is 18.2 Å². The molecular formula is C21H20N2O4. The summed E-state index contributed by atoms with van der Waals surface area (Å²) in [5, 5.41) is 5.64. The number of carbonyl (C=O) groups excluding carboxylic acids is 3. The van der Waals surface area contributed by atoms with Gasteiger partial charge in [-0.3, -0.25) is 9.59 Å². The molecule has 1 aliphatic carbocycles. The summed E-state index contributed by atoms with van der Waals surface area (Å²) in [5.74, 6) is -0.715. The molecule has 1 saturated carbocycles. The number of hydrogen-bond acceptors (Lipinski definition) is 4. The van der Waals surface area contributed by atoms with E-state index in [1.807, 2.05) is 12.1 Å².